The fraction of sp³-hybridized carbons (Fsp3) is 0.941. The van der Waals surface area contributed by atoms with Crippen molar-refractivity contribution < 1.29 is 0 Å². The quantitative estimate of drug-likeness (QED) is 0.363. The molecule has 5 saturated carbocycles. The molecular formula is C34H59N. The molecular weight excluding hydrogens is 422 g/mol. The molecule has 9 rings (SSSR count). The predicted octanol–water partition coefficient (Wildman–Crippen LogP) is 9.38. The topological polar surface area (TPSA) is 3.24 Å². The van der Waals surface area contributed by atoms with E-state index in [0.717, 1.165) is 57.7 Å². The van der Waals surface area contributed by atoms with E-state index in [0.29, 0.717) is 0 Å². The molecule has 0 radical (unpaired) electrons. The number of fused-ring (bicyclic) bond motifs is 3. The van der Waals surface area contributed by atoms with Crippen LogP contribution in [-0.2, 0) is 0 Å². The van der Waals surface area contributed by atoms with Gasteiger partial charge in [-0.2, -0.15) is 0 Å². The van der Waals surface area contributed by atoms with Gasteiger partial charge in [-0.25, -0.2) is 0 Å². The fourth-order valence-corrected chi connectivity index (χ4v) is 10.3. The van der Waals surface area contributed by atoms with Gasteiger partial charge in [0.05, 0.1) is 0 Å². The van der Waals surface area contributed by atoms with Crippen LogP contribution in [0.5, 0.6) is 0 Å². The Labute approximate surface area is 219 Å². The zero-order valence-corrected chi connectivity index (χ0v) is 24.5. The van der Waals surface area contributed by atoms with Crippen molar-refractivity contribution >= 4 is 0 Å². The van der Waals surface area contributed by atoms with Crippen molar-refractivity contribution in [3.8, 4) is 0 Å². The Morgan fingerprint density at radius 2 is 1.11 bits per heavy atom. The van der Waals surface area contributed by atoms with Crippen molar-refractivity contribution in [2.45, 2.75) is 125 Å². The second-order valence-corrected chi connectivity index (χ2v) is 15.7. The summed E-state index contributed by atoms with van der Waals surface area (Å²) >= 11 is 0. The first kappa shape index (κ1) is 26.3. The molecule has 35 heavy (non-hydrogen) atoms. The smallest absolute Gasteiger partial charge is 0.00133 e. The lowest BCUT2D eigenvalue weighted by Crippen LogP contribution is -2.50. The summed E-state index contributed by atoms with van der Waals surface area (Å²) in [4.78, 5) is 2.62. The highest BCUT2D eigenvalue weighted by Gasteiger charge is 2.52. The van der Waals surface area contributed by atoms with Gasteiger partial charge in [-0.05, 0) is 161 Å². The molecule has 1 nitrogen and oxygen atoms in total. The van der Waals surface area contributed by atoms with Crippen molar-refractivity contribution in [2.75, 3.05) is 19.6 Å². The molecule has 1 spiro atoms. The molecule has 6 aliphatic carbocycles. The Hall–Kier alpha value is -0.300. The van der Waals surface area contributed by atoms with Crippen LogP contribution in [0, 0.1) is 57.7 Å². The molecule has 0 aromatic rings. The molecule has 8 fully saturated rings. The molecule has 0 aromatic carbocycles. The van der Waals surface area contributed by atoms with Crippen molar-refractivity contribution in [2.24, 2.45) is 57.7 Å². The molecule has 6 bridgehead atoms. The van der Waals surface area contributed by atoms with Crippen LogP contribution in [0.2, 0.25) is 0 Å². The van der Waals surface area contributed by atoms with Crippen LogP contribution in [0.3, 0.4) is 0 Å². The average Bonchev–Trinajstić information content (AvgIpc) is 3.59. The Balaban J connectivity index is 0.000000109. The lowest BCUT2D eigenvalue weighted by molar-refractivity contribution is -0.0789. The highest BCUT2D eigenvalue weighted by atomic mass is 15.1. The van der Waals surface area contributed by atoms with Crippen LogP contribution < -0.4 is 0 Å². The summed E-state index contributed by atoms with van der Waals surface area (Å²) in [6, 6.07) is 0. The van der Waals surface area contributed by atoms with Crippen molar-refractivity contribution in [3.05, 3.63) is 12.2 Å². The highest BCUT2D eigenvalue weighted by Crippen LogP contribution is 2.62. The number of hydrogen-bond acceptors (Lipinski definition) is 1. The lowest BCUT2D eigenvalue weighted by atomic mass is 9.47. The van der Waals surface area contributed by atoms with Gasteiger partial charge < -0.3 is 4.90 Å². The zero-order valence-electron chi connectivity index (χ0n) is 24.5. The lowest BCUT2D eigenvalue weighted by Gasteiger charge is -2.58. The third kappa shape index (κ3) is 5.33. The molecule has 0 N–H and O–H groups in total. The minimum Gasteiger partial charge on any atom is -0.303 e. The number of rotatable bonds is 3. The Morgan fingerprint density at radius 1 is 0.629 bits per heavy atom. The van der Waals surface area contributed by atoms with E-state index in [-0.39, 0.29) is 0 Å². The van der Waals surface area contributed by atoms with Crippen molar-refractivity contribution in [1.82, 2.24) is 4.90 Å². The molecule has 0 amide bonds. The highest BCUT2D eigenvalue weighted by molar-refractivity contribution is 5.10. The van der Waals surface area contributed by atoms with Crippen LogP contribution in [0.15, 0.2) is 12.2 Å². The SMILES string of the molecule is CC(C)C12CC3CC(CC(C3)C1)C2.CC(C)C12CCN(CC1)CC2.CC(C)C1CC=CCC12CC2. The third-order valence-corrected chi connectivity index (χ3v) is 12.9. The van der Waals surface area contributed by atoms with E-state index in [9.17, 15) is 0 Å². The van der Waals surface area contributed by atoms with E-state index in [1.165, 1.54) is 64.6 Å². The summed E-state index contributed by atoms with van der Waals surface area (Å²) in [5.74, 6) is 7.14. The predicted molar refractivity (Wildman–Crippen MR) is 151 cm³/mol. The first-order valence-corrected chi connectivity index (χ1v) is 16.0. The first-order chi connectivity index (χ1) is 16.7. The summed E-state index contributed by atoms with van der Waals surface area (Å²) in [5.41, 5.74) is 2.33. The van der Waals surface area contributed by atoms with Gasteiger partial charge in [-0.15, -0.1) is 0 Å². The van der Waals surface area contributed by atoms with Gasteiger partial charge in [-0.1, -0.05) is 53.7 Å². The minimum absolute atomic E-state index is 0.745. The van der Waals surface area contributed by atoms with Crippen LogP contribution in [-0.4, -0.2) is 24.5 Å². The maximum Gasteiger partial charge on any atom is -0.00133 e. The number of nitrogens with zero attached hydrogens (tertiary/aromatic N) is 1. The van der Waals surface area contributed by atoms with Gasteiger partial charge >= 0.3 is 0 Å². The van der Waals surface area contributed by atoms with Gasteiger partial charge in [0.2, 0.25) is 0 Å². The summed E-state index contributed by atoms with van der Waals surface area (Å²) in [7, 11) is 0. The Bertz CT molecular complexity index is 681. The van der Waals surface area contributed by atoms with Crippen molar-refractivity contribution in [3.63, 3.8) is 0 Å². The normalized spacial score (nSPS) is 43.9. The standard InChI is InChI=1S/C13H22.C11H18.C10H19N/c1-9(2)13-6-10-3-11(7-13)5-12(4-10)8-13;1-9(2)10-5-3-4-6-11(10)7-8-11;1-9(2)10-3-6-11(7-4-10)8-5-10/h9-12H,3-8H2,1-2H3;3-4,9-10H,5-8H2,1-2H3;9H,3-8H2,1-2H3. The van der Waals surface area contributed by atoms with Gasteiger partial charge in [0, 0.05) is 0 Å². The third-order valence-electron chi connectivity index (χ3n) is 12.9. The molecule has 200 valence electrons. The Kier molecular flexibility index (Phi) is 7.60. The van der Waals surface area contributed by atoms with E-state index < -0.39 is 0 Å². The monoisotopic (exact) mass is 481 g/mol. The number of allylic oxidation sites excluding steroid dienone is 2. The van der Waals surface area contributed by atoms with Gasteiger partial charge in [-0.3, -0.25) is 0 Å². The fourth-order valence-electron chi connectivity index (χ4n) is 10.3. The molecule has 3 heterocycles. The largest absolute Gasteiger partial charge is 0.303 e. The van der Waals surface area contributed by atoms with E-state index in [2.05, 4.69) is 58.6 Å². The molecule has 3 saturated heterocycles. The molecule has 9 aliphatic rings. The molecule has 3 aliphatic heterocycles. The van der Waals surface area contributed by atoms with E-state index in [4.69, 9.17) is 0 Å². The maximum absolute atomic E-state index is 2.62. The summed E-state index contributed by atoms with van der Waals surface area (Å²) < 4.78 is 0. The van der Waals surface area contributed by atoms with Crippen LogP contribution in [0.4, 0.5) is 0 Å². The van der Waals surface area contributed by atoms with E-state index >= 15 is 0 Å². The summed E-state index contributed by atoms with van der Waals surface area (Å²) in [6.45, 7) is 18.6. The average molecular weight is 482 g/mol. The molecule has 0 aromatic heterocycles. The van der Waals surface area contributed by atoms with Crippen molar-refractivity contribution in [1.29, 1.82) is 0 Å². The van der Waals surface area contributed by atoms with E-state index in [1.807, 2.05) is 0 Å². The van der Waals surface area contributed by atoms with Gasteiger partial charge in [0.15, 0.2) is 0 Å². The number of hydrogen-bond donors (Lipinski definition) is 0. The molecule has 1 unspecified atom stereocenters. The maximum atomic E-state index is 2.62. The second kappa shape index (κ2) is 10.1. The summed E-state index contributed by atoms with van der Waals surface area (Å²) in [5, 5.41) is 0. The zero-order chi connectivity index (χ0) is 24.8. The molecule has 1 heteroatoms. The van der Waals surface area contributed by atoms with Crippen LogP contribution in [0.25, 0.3) is 0 Å². The van der Waals surface area contributed by atoms with Crippen LogP contribution >= 0.6 is 0 Å². The van der Waals surface area contributed by atoms with E-state index in [1.54, 1.807) is 38.5 Å². The number of piperidine rings is 3. The first-order valence-electron chi connectivity index (χ1n) is 16.0. The summed E-state index contributed by atoms with van der Waals surface area (Å²) in [6.07, 6.45) is 24.4. The van der Waals surface area contributed by atoms with Gasteiger partial charge in [0.25, 0.3) is 0 Å². The molecule has 1 atom stereocenters. The minimum atomic E-state index is 0.745. The second-order valence-electron chi connectivity index (χ2n) is 15.7. The Morgan fingerprint density at radius 3 is 1.46 bits per heavy atom. The van der Waals surface area contributed by atoms with Gasteiger partial charge in [0.1, 0.15) is 0 Å². The van der Waals surface area contributed by atoms with Crippen LogP contribution in [0.1, 0.15) is 125 Å².